The van der Waals surface area contributed by atoms with Crippen molar-refractivity contribution in [1.29, 1.82) is 0 Å². The third-order valence-corrected chi connectivity index (χ3v) is 5.16. The van der Waals surface area contributed by atoms with Crippen molar-refractivity contribution < 1.29 is 4.79 Å². The van der Waals surface area contributed by atoms with Gasteiger partial charge < -0.3 is 5.32 Å². The lowest BCUT2D eigenvalue weighted by Crippen LogP contribution is -2.16. The number of amides is 1. The molecule has 5 rings (SSSR count). The average Bonchev–Trinajstić information content (AvgIpc) is 3.47. The molecule has 1 aliphatic rings. The van der Waals surface area contributed by atoms with E-state index in [-0.39, 0.29) is 11.6 Å². The SMILES string of the molecule is Cc1ccc(-n2cc(C(=O)Nc3c4c(nn3-c3ccccc3)CCC4)nn2)cc1. The van der Waals surface area contributed by atoms with Crippen LogP contribution in [0.2, 0.25) is 0 Å². The van der Waals surface area contributed by atoms with Gasteiger partial charge in [0.25, 0.3) is 5.91 Å². The Labute approximate surface area is 168 Å². The van der Waals surface area contributed by atoms with E-state index >= 15 is 0 Å². The van der Waals surface area contributed by atoms with E-state index in [1.807, 2.05) is 66.2 Å². The van der Waals surface area contributed by atoms with Gasteiger partial charge in [-0.25, -0.2) is 9.36 Å². The lowest BCUT2D eigenvalue weighted by molar-refractivity contribution is 0.102. The van der Waals surface area contributed by atoms with Gasteiger partial charge in [-0.1, -0.05) is 41.1 Å². The summed E-state index contributed by atoms with van der Waals surface area (Å²) in [5, 5.41) is 15.9. The summed E-state index contributed by atoms with van der Waals surface area (Å²) in [5.41, 5.74) is 5.35. The van der Waals surface area contributed by atoms with E-state index in [2.05, 4.69) is 15.6 Å². The number of nitrogens with zero attached hydrogens (tertiary/aromatic N) is 5. The van der Waals surface area contributed by atoms with Crippen LogP contribution in [0.1, 0.15) is 33.7 Å². The summed E-state index contributed by atoms with van der Waals surface area (Å²) in [4.78, 5) is 12.9. The minimum atomic E-state index is -0.296. The van der Waals surface area contributed by atoms with Crippen molar-refractivity contribution in [2.45, 2.75) is 26.2 Å². The van der Waals surface area contributed by atoms with Crippen LogP contribution in [-0.4, -0.2) is 30.7 Å². The Morgan fingerprint density at radius 1 is 1.00 bits per heavy atom. The van der Waals surface area contributed by atoms with E-state index in [9.17, 15) is 4.79 Å². The maximum atomic E-state index is 12.9. The van der Waals surface area contributed by atoms with Crippen LogP contribution < -0.4 is 5.32 Å². The second kappa shape index (κ2) is 7.01. The number of nitrogens with one attached hydrogen (secondary N) is 1. The molecular formula is C22H20N6O. The average molecular weight is 384 g/mol. The number of hydrogen-bond acceptors (Lipinski definition) is 4. The molecule has 0 bridgehead atoms. The van der Waals surface area contributed by atoms with E-state index < -0.39 is 0 Å². The first kappa shape index (κ1) is 17.4. The van der Waals surface area contributed by atoms with Crippen molar-refractivity contribution in [3.8, 4) is 11.4 Å². The quantitative estimate of drug-likeness (QED) is 0.584. The van der Waals surface area contributed by atoms with Crippen LogP contribution in [0.15, 0.2) is 60.8 Å². The molecule has 1 aliphatic carbocycles. The van der Waals surface area contributed by atoms with Gasteiger partial charge in [-0.2, -0.15) is 5.10 Å². The van der Waals surface area contributed by atoms with Crippen LogP contribution in [0.5, 0.6) is 0 Å². The smallest absolute Gasteiger partial charge is 0.279 e. The summed E-state index contributed by atoms with van der Waals surface area (Å²) in [6, 6.07) is 17.7. The first-order chi connectivity index (χ1) is 14.2. The van der Waals surface area contributed by atoms with E-state index in [1.54, 1.807) is 10.9 Å². The fraction of sp³-hybridized carbons (Fsp3) is 0.182. The number of carbonyl (C=O) groups excluding carboxylic acids is 1. The molecule has 0 spiro atoms. The Kier molecular flexibility index (Phi) is 4.20. The second-order valence-electron chi connectivity index (χ2n) is 7.21. The fourth-order valence-corrected chi connectivity index (χ4v) is 3.64. The largest absolute Gasteiger partial charge is 0.305 e. The molecule has 7 heteroatoms. The zero-order valence-electron chi connectivity index (χ0n) is 16.0. The maximum absolute atomic E-state index is 12.9. The molecule has 29 heavy (non-hydrogen) atoms. The number of aryl methyl sites for hydroxylation is 2. The van der Waals surface area contributed by atoms with Crippen molar-refractivity contribution in [2.75, 3.05) is 5.32 Å². The summed E-state index contributed by atoms with van der Waals surface area (Å²) >= 11 is 0. The van der Waals surface area contributed by atoms with Crippen molar-refractivity contribution in [3.05, 3.63) is 83.3 Å². The van der Waals surface area contributed by atoms with Crippen molar-refractivity contribution >= 4 is 11.7 Å². The Morgan fingerprint density at radius 2 is 1.79 bits per heavy atom. The number of rotatable bonds is 4. The third kappa shape index (κ3) is 3.20. The van der Waals surface area contributed by atoms with Crippen LogP contribution in [0.3, 0.4) is 0 Å². The molecule has 0 saturated carbocycles. The third-order valence-electron chi connectivity index (χ3n) is 5.16. The van der Waals surface area contributed by atoms with Gasteiger partial charge in [-0.3, -0.25) is 4.79 Å². The normalized spacial score (nSPS) is 12.7. The Morgan fingerprint density at radius 3 is 2.59 bits per heavy atom. The van der Waals surface area contributed by atoms with Gasteiger partial charge in [0, 0.05) is 5.56 Å². The molecule has 144 valence electrons. The van der Waals surface area contributed by atoms with Crippen LogP contribution in [-0.2, 0) is 12.8 Å². The molecule has 0 saturated heterocycles. The van der Waals surface area contributed by atoms with Crippen molar-refractivity contribution in [2.24, 2.45) is 0 Å². The number of carbonyl (C=O) groups is 1. The highest BCUT2D eigenvalue weighted by Crippen LogP contribution is 2.31. The molecular weight excluding hydrogens is 364 g/mol. The molecule has 2 aromatic carbocycles. The summed E-state index contributed by atoms with van der Waals surface area (Å²) in [6.07, 6.45) is 4.54. The Bertz CT molecular complexity index is 1170. The number of benzene rings is 2. The lowest BCUT2D eigenvalue weighted by Gasteiger charge is -2.10. The van der Waals surface area contributed by atoms with E-state index in [1.165, 1.54) is 0 Å². The summed E-state index contributed by atoms with van der Waals surface area (Å²) in [5.74, 6) is 0.425. The zero-order chi connectivity index (χ0) is 19.8. The molecule has 2 heterocycles. The fourth-order valence-electron chi connectivity index (χ4n) is 3.64. The first-order valence-electron chi connectivity index (χ1n) is 9.66. The van der Waals surface area contributed by atoms with E-state index in [0.717, 1.165) is 53.3 Å². The topological polar surface area (TPSA) is 77.6 Å². The number of fused-ring (bicyclic) bond motifs is 1. The second-order valence-corrected chi connectivity index (χ2v) is 7.21. The summed E-state index contributed by atoms with van der Waals surface area (Å²) < 4.78 is 3.42. The molecule has 4 aromatic rings. The van der Waals surface area contributed by atoms with Gasteiger partial charge in [0.1, 0.15) is 5.82 Å². The molecule has 0 aliphatic heterocycles. The van der Waals surface area contributed by atoms with E-state index in [4.69, 9.17) is 5.10 Å². The number of aromatic nitrogens is 5. The highest BCUT2D eigenvalue weighted by molar-refractivity contribution is 6.02. The molecule has 1 N–H and O–H groups in total. The molecule has 0 atom stereocenters. The van der Waals surface area contributed by atoms with Crippen LogP contribution in [0.4, 0.5) is 5.82 Å². The summed E-state index contributed by atoms with van der Waals surface area (Å²) in [6.45, 7) is 2.03. The van der Waals surface area contributed by atoms with Gasteiger partial charge in [0.05, 0.1) is 23.3 Å². The van der Waals surface area contributed by atoms with Crippen molar-refractivity contribution in [3.63, 3.8) is 0 Å². The number of hydrogen-bond donors (Lipinski definition) is 1. The Balaban J connectivity index is 1.45. The lowest BCUT2D eigenvalue weighted by atomic mass is 10.2. The number of para-hydroxylation sites is 1. The molecule has 2 aromatic heterocycles. The van der Waals surface area contributed by atoms with Crippen molar-refractivity contribution in [1.82, 2.24) is 24.8 Å². The van der Waals surface area contributed by atoms with Gasteiger partial charge in [-0.05, 0) is 50.5 Å². The minimum absolute atomic E-state index is 0.262. The van der Waals surface area contributed by atoms with Gasteiger partial charge >= 0.3 is 0 Å². The molecule has 0 fully saturated rings. The van der Waals surface area contributed by atoms with Gasteiger partial charge in [-0.15, -0.1) is 5.10 Å². The minimum Gasteiger partial charge on any atom is -0.305 e. The summed E-state index contributed by atoms with van der Waals surface area (Å²) in [7, 11) is 0. The first-order valence-corrected chi connectivity index (χ1v) is 9.66. The van der Waals surface area contributed by atoms with E-state index in [0.29, 0.717) is 0 Å². The highest BCUT2D eigenvalue weighted by Gasteiger charge is 2.25. The highest BCUT2D eigenvalue weighted by atomic mass is 16.2. The van der Waals surface area contributed by atoms with Crippen LogP contribution >= 0.6 is 0 Å². The predicted molar refractivity (Wildman–Crippen MR) is 110 cm³/mol. The zero-order valence-corrected chi connectivity index (χ0v) is 16.0. The van der Waals surface area contributed by atoms with Crippen LogP contribution in [0.25, 0.3) is 11.4 Å². The van der Waals surface area contributed by atoms with Gasteiger partial charge in [0.2, 0.25) is 0 Å². The predicted octanol–water partition coefficient (Wildman–Crippen LogP) is 3.50. The van der Waals surface area contributed by atoms with Crippen LogP contribution in [0, 0.1) is 6.92 Å². The monoisotopic (exact) mass is 384 g/mol. The molecule has 7 nitrogen and oxygen atoms in total. The molecule has 0 unspecified atom stereocenters. The number of anilines is 1. The van der Waals surface area contributed by atoms with Gasteiger partial charge in [0.15, 0.2) is 5.69 Å². The standard InChI is InChI=1S/C22H20N6O/c1-15-10-12-16(13-11-15)27-14-20(24-26-27)22(29)23-21-18-8-5-9-19(18)25-28(21)17-6-3-2-4-7-17/h2-4,6-7,10-14H,5,8-9H2,1H3,(H,23,29). The molecule has 1 amide bonds. The maximum Gasteiger partial charge on any atom is 0.279 e. The molecule has 0 radical (unpaired) electrons. The Hall–Kier alpha value is -3.74.